The molecule has 0 bridgehead atoms. The molecule has 0 fully saturated rings. The lowest BCUT2D eigenvalue weighted by molar-refractivity contribution is -0.129. The quantitative estimate of drug-likeness (QED) is 0.247. The Morgan fingerprint density at radius 3 is 2.63 bits per heavy atom. The largest absolute Gasteiger partial charge is 0.489 e. The van der Waals surface area contributed by atoms with E-state index >= 15 is 0 Å². The lowest BCUT2D eigenvalue weighted by Gasteiger charge is -2.09. The van der Waals surface area contributed by atoms with E-state index in [1.807, 2.05) is 61.5 Å². The van der Waals surface area contributed by atoms with E-state index < -0.39 is 5.97 Å². The van der Waals surface area contributed by atoms with E-state index in [1.165, 1.54) is 5.56 Å². The number of hydrogen-bond donors (Lipinski definition) is 0. The fourth-order valence-electron chi connectivity index (χ4n) is 3.10. The Hall–Kier alpha value is -2.93. The summed E-state index contributed by atoms with van der Waals surface area (Å²) in [6.07, 6.45) is 1.72. The molecule has 3 aromatic rings. The Morgan fingerprint density at radius 1 is 1.00 bits per heavy atom. The van der Waals surface area contributed by atoms with Crippen molar-refractivity contribution in [2.75, 3.05) is 0 Å². The van der Waals surface area contributed by atoms with Crippen LogP contribution >= 0.6 is 22.6 Å². The number of ether oxygens (including phenoxy) is 2. The number of halogens is 1. The normalized spacial score (nSPS) is 14.6. The molecule has 0 aromatic heterocycles. The number of aliphatic imine (C=N–C) groups is 1. The lowest BCUT2D eigenvalue weighted by atomic mass is 10.1. The molecule has 1 aliphatic heterocycles. The molecule has 0 saturated heterocycles. The van der Waals surface area contributed by atoms with Crippen molar-refractivity contribution in [2.24, 2.45) is 4.99 Å². The summed E-state index contributed by atoms with van der Waals surface area (Å²) in [6, 6.07) is 21.6. The van der Waals surface area contributed by atoms with Gasteiger partial charge in [0.05, 0.1) is 0 Å². The lowest BCUT2D eigenvalue weighted by Crippen LogP contribution is -2.05. The molecule has 0 amide bonds. The molecule has 4 nitrogen and oxygen atoms in total. The van der Waals surface area contributed by atoms with Crippen molar-refractivity contribution in [3.8, 4) is 5.75 Å². The molecule has 3 aromatic carbocycles. The second-order valence-corrected chi connectivity index (χ2v) is 8.25. The average Bonchev–Trinajstić information content (AvgIpc) is 3.10. The van der Waals surface area contributed by atoms with Crippen LogP contribution in [0, 0.1) is 17.4 Å². The third kappa shape index (κ3) is 4.62. The highest BCUT2D eigenvalue weighted by Crippen LogP contribution is 2.23. The van der Waals surface area contributed by atoms with Gasteiger partial charge in [-0.3, -0.25) is 0 Å². The second kappa shape index (κ2) is 8.83. The number of carbonyl (C=O) groups excluding carboxylic acids is 1. The zero-order chi connectivity index (χ0) is 21.1. The summed E-state index contributed by atoms with van der Waals surface area (Å²) in [7, 11) is 0. The van der Waals surface area contributed by atoms with Gasteiger partial charge in [-0.15, -0.1) is 0 Å². The molecule has 150 valence electrons. The van der Waals surface area contributed by atoms with Crippen LogP contribution in [0.4, 0.5) is 0 Å². The maximum atomic E-state index is 12.3. The number of cyclic esters (lactones) is 1. The van der Waals surface area contributed by atoms with Crippen molar-refractivity contribution in [1.29, 1.82) is 0 Å². The fourth-order valence-corrected chi connectivity index (χ4v) is 3.43. The molecule has 0 N–H and O–H groups in total. The van der Waals surface area contributed by atoms with Gasteiger partial charge in [0.2, 0.25) is 5.90 Å². The minimum atomic E-state index is -0.451. The highest BCUT2D eigenvalue weighted by atomic mass is 127. The molecule has 0 aliphatic carbocycles. The van der Waals surface area contributed by atoms with Crippen LogP contribution < -0.4 is 4.74 Å². The number of hydrogen-bond acceptors (Lipinski definition) is 4. The van der Waals surface area contributed by atoms with Crippen molar-refractivity contribution >= 4 is 40.5 Å². The van der Waals surface area contributed by atoms with Gasteiger partial charge in [0.25, 0.3) is 0 Å². The van der Waals surface area contributed by atoms with Gasteiger partial charge in [-0.1, -0.05) is 36.4 Å². The number of aryl methyl sites for hydroxylation is 2. The molecule has 5 heteroatoms. The predicted octanol–water partition coefficient (Wildman–Crippen LogP) is 5.83. The summed E-state index contributed by atoms with van der Waals surface area (Å²) in [5, 5.41) is 0. The van der Waals surface area contributed by atoms with Crippen LogP contribution in [0.1, 0.15) is 27.8 Å². The van der Waals surface area contributed by atoms with E-state index in [2.05, 4.69) is 46.6 Å². The standard InChI is InChI=1S/C25H20INO3/c1-16-6-3-4-8-20(16)15-29-21-9-5-7-18(13-21)14-23-25(28)30-24(27-23)19-10-11-22(26)17(2)12-19/h3-14H,15H2,1-2H3/b23-14-. The van der Waals surface area contributed by atoms with E-state index in [9.17, 15) is 4.79 Å². The number of benzene rings is 3. The Kier molecular flexibility index (Phi) is 5.99. The number of nitrogens with zero attached hydrogens (tertiary/aromatic N) is 1. The Morgan fingerprint density at radius 2 is 1.83 bits per heavy atom. The summed E-state index contributed by atoms with van der Waals surface area (Å²) < 4.78 is 12.5. The van der Waals surface area contributed by atoms with Crippen molar-refractivity contribution in [3.63, 3.8) is 0 Å². The predicted molar refractivity (Wildman–Crippen MR) is 126 cm³/mol. The summed E-state index contributed by atoms with van der Waals surface area (Å²) in [6.45, 7) is 4.57. The molecule has 0 unspecified atom stereocenters. The molecule has 1 heterocycles. The summed E-state index contributed by atoms with van der Waals surface area (Å²) >= 11 is 2.27. The van der Waals surface area contributed by atoms with Crippen molar-refractivity contribution in [1.82, 2.24) is 0 Å². The zero-order valence-corrected chi connectivity index (χ0v) is 18.8. The minimum absolute atomic E-state index is 0.275. The summed E-state index contributed by atoms with van der Waals surface area (Å²) in [5.74, 6) is 0.613. The van der Waals surface area contributed by atoms with Crippen LogP contribution in [-0.2, 0) is 16.1 Å². The minimum Gasteiger partial charge on any atom is -0.489 e. The smallest absolute Gasteiger partial charge is 0.363 e. The SMILES string of the molecule is Cc1cc(C2=N/C(=C\c3cccc(OCc4ccccc4C)c3)C(=O)O2)ccc1I. The average molecular weight is 509 g/mol. The van der Waals surface area contributed by atoms with Gasteiger partial charge >= 0.3 is 5.97 Å². The van der Waals surface area contributed by atoms with E-state index in [4.69, 9.17) is 9.47 Å². The van der Waals surface area contributed by atoms with E-state index in [1.54, 1.807) is 6.08 Å². The van der Waals surface area contributed by atoms with Gasteiger partial charge in [0.15, 0.2) is 5.70 Å². The monoisotopic (exact) mass is 509 g/mol. The van der Waals surface area contributed by atoms with Crippen molar-refractivity contribution in [2.45, 2.75) is 20.5 Å². The third-order valence-corrected chi connectivity index (χ3v) is 6.05. The molecular weight excluding hydrogens is 489 g/mol. The molecule has 0 saturated carbocycles. The maximum absolute atomic E-state index is 12.3. The summed E-state index contributed by atoms with van der Waals surface area (Å²) in [5.41, 5.74) is 5.34. The fraction of sp³-hybridized carbons (Fsp3) is 0.120. The molecule has 0 spiro atoms. The van der Waals surface area contributed by atoms with Crippen LogP contribution in [0.2, 0.25) is 0 Å². The van der Waals surface area contributed by atoms with Crippen LogP contribution in [0.3, 0.4) is 0 Å². The summed E-state index contributed by atoms with van der Waals surface area (Å²) in [4.78, 5) is 16.7. The van der Waals surface area contributed by atoms with Crippen molar-refractivity contribution in [3.05, 3.63) is 104 Å². The molecule has 1 aliphatic rings. The zero-order valence-electron chi connectivity index (χ0n) is 16.7. The number of rotatable bonds is 5. The van der Waals surface area contributed by atoms with Gasteiger partial charge in [-0.2, -0.15) is 0 Å². The second-order valence-electron chi connectivity index (χ2n) is 7.09. The first kappa shape index (κ1) is 20.3. The molecular formula is C25H20INO3. The van der Waals surface area contributed by atoms with Crippen LogP contribution in [-0.4, -0.2) is 11.9 Å². The molecule has 4 rings (SSSR count). The maximum Gasteiger partial charge on any atom is 0.363 e. The van der Waals surface area contributed by atoms with Gasteiger partial charge in [-0.25, -0.2) is 9.79 Å². The Bertz CT molecular complexity index is 1180. The van der Waals surface area contributed by atoms with Crippen LogP contribution in [0.15, 0.2) is 77.4 Å². The highest BCUT2D eigenvalue weighted by Gasteiger charge is 2.24. The molecule has 0 radical (unpaired) electrons. The molecule has 0 atom stereocenters. The van der Waals surface area contributed by atoms with Gasteiger partial charge in [0, 0.05) is 9.13 Å². The van der Waals surface area contributed by atoms with Crippen LogP contribution in [0.25, 0.3) is 6.08 Å². The van der Waals surface area contributed by atoms with E-state index in [0.29, 0.717) is 12.5 Å². The number of esters is 1. The van der Waals surface area contributed by atoms with Crippen LogP contribution in [0.5, 0.6) is 5.75 Å². The Balaban J connectivity index is 1.53. The van der Waals surface area contributed by atoms with Crippen molar-refractivity contribution < 1.29 is 14.3 Å². The topological polar surface area (TPSA) is 47.9 Å². The highest BCUT2D eigenvalue weighted by molar-refractivity contribution is 14.1. The van der Waals surface area contributed by atoms with Gasteiger partial charge < -0.3 is 9.47 Å². The molecule has 30 heavy (non-hydrogen) atoms. The van der Waals surface area contributed by atoms with E-state index in [0.717, 1.165) is 31.6 Å². The third-order valence-electron chi connectivity index (χ3n) is 4.84. The van der Waals surface area contributed by atoms with Gasteiger partial charge in [-0.05, 0) is 95.1 Å². The first-order valence-corrected chi connectivity index (χ1v) is 10.6. The Labute approximate surface area is 189 Å². The van der Waals surface area contributed by atoms with E-state index in [-0.39, 0.29) is 5.70 Å². The van der Waals surface area contributed by atoms with Gasteiger partial charge in [0.1, 0.15) is 12.4 Å². The first-order chi connectivity index (χ1) is 14.5. The first-order valence-electron chi connectivity index (χ1n) is 9.56. The number of carbonyl (C=O) groups is 1.